The van der Waals surface area contributed by atoms with Gasteiger partial charge in [0.15, 0.2) is 5.82 Å². The third-order valence-corrected chi connectivity index (χ3v) is 3.39. The van der Waals surface area contributed by atoms with Gasteiger partial charge in [0.05, 0.1) is 5.54 Å². The average molecular weight is 233 g/mol. The Bertz CT molecular complexity index is 484. The summed E-state index contributed by atoms with van der Waals surface area (Å²) in [6, 6.07) is 0. The summed E-state index contributed by atoms with van der Waals surface area (Å²) in [6.45, 7) is 3.14. The molecule has 0 aliphatic carbocycles. The maximum Gasteiger partial charge on any atom is 0.247 e. The van der Waals surface area contributed by atoms with Gasteiger partial charge < -0.3 is 14.8 Å². The summed E-state index contributed by atoms with van der Waals surface area (Å²) < 4.78 is 5.38. The van der Waals surface area contributed by atoms with Crippen molar-refractivity contribution < 1.29 is 4.52 Å². The second-order valence-electron chi connectivity index (χ2n) is 4.33. The summed E-state index contributed by atoms with van der Waals surface area (Å²) in [5.41, 5.74) is -0.141. The van der Waals surface area contributed by atoms with Crippen LogP contribution in [0.4, 0.5) is 0 Å². The molecule has 0 saturated carbocycles. The summed E-state index contributed by atoms with van der Waals surface area (Å²) in [5, 5.41) is 7.44. The minimum Gasteiger partial charge on any atom is -0.342 e. The number of aromatic amines is 1. The lowest BCUT2D eigenvalue weighted by molar-refractivity contribution is 0.250. The molecular weight excluding hydrogens is 218 g/mol. The first-order valence-electron chi connectivity index (χ1n) is 5.93. The van der Waals surface area contributed by atoms with Gasteiger partial charge in [0.25, 0.3) is 0 Å². The molecule has 0 spiro atoms. The van der Waals surface area contributed by atoms with Gasteiger partial charge in [0, 0.05) is 12.4 Å². The van der Waals surface area contributed by atoms with Crippen molar-refractivity contribution in [2.75, 3.05) is 6.54 Å². The molecule has 1 unspecified atom stereocenters. The minimum absolute atomic E-state index is 0.141. The summed E-state index contributed by atoms with van der Waals surface area (Å²) in [6.07, 6.45) is 6.56. The van der Waals surface area contributed by atoms with Crippen molar-refractivity contribution in [3.05, 3.63) is 18.3 Å². The van der Waals surface area contributed by atoms with Crippen LogP contribution in [0.1, 0.15) is 32.1 Å². The largest absolute Gasteiger partial charge is 0.342 e. The number of aromatic nitrogens is 4. The zero-order valence-electron chi connectivity index (χ0n) is 9.73. The lowest BCUT2D eigenvalue weighted by Crippen LogP contribution is -2.36. The normalized spacial score (nSPS) is 24.3. The fraction of sp³-hybridized carbons (Fsp3) is 0.545. The minimum atomic E-state index is -0.141. The molecule has 1 aliphatic heterocycles. The van der Waals surface area contributed by atoms with Gasteiger partial charge in [0.1, 0.15) is 0 Å². The number of imidazole rings is 1. The summed E-state index contributed by atoms with van der Waals surface area (Å²) in [4.78, 5) is 11.5. The standard InChI is InChI=1S/C11H15N5O/c1-2-11(4-3-5-14-11)10-15-9(16-17-10)8-12-6-7-13-8/h6-7,14H,2-5H2,1H3,(H,12,13). The molecule has 0 bridgehead atoms. The third-order valence-electron chi connectivity index (χ3n) is 3.39. The third kappa shape index (κ3) is 1.64. The van der Waals surface area contributed by atoms with E-state index in [0.717, 1.165) is 25.8 Å². The lowest BCUT2D eigenvalue weighted by Gasteiger charge is -2.22. The Morgan fingerprint density at radius 3 is 3.12 bits per heavy atom. The van der Waals surface area contributed by atoms with Crippen LogP contribution in [0.2, 0.25) is 0 Å². The summed E-state index contributed by atoms with van der Waals surface area (Å²) in [7, 11) is 0. The van der Waals surface area contributed by atoms with Crippen LogP contribution < -0.4 is 5.32 Å². The Hall–Kier alpha value is -1.69. The fourth-order valence-corrected chi connectivity index (χ4v) is 2.34. The van der Waals surface area contributed by atoms with Crippen LogP contribution in [-0.2, 0) is 5.54 Å². The van der Waals surface area contributed by atoms with Gasteiger partial charge in [-0.05, 0) is 25.8 Å². The quantitative estimate of drug-likeness (QED) is 0.838. The molecule has 1 fully saturated rings. The van der Waals surface area contributed by atoms with E-state index in [1.54, 1.807) is 12.4 Å². The van der Waals surface area contributed by atoms with Crippen molar-refractivity contribution in [3.8, 4) is 11.6 Å². The lowest BCUT2D eigenvalue weighted by atomic mass is 9.94. The smallest absolute Gasteiger partial charge is 0.247 e. The highest BCUT2D eigenvalue weighted by Crippen LogP contribution is 2.33. The van der Waals surface area contributed by atoms with E-state index in [4.69, 9.17) is 4.52 Å². The Labute approximate surface area is 98.8 Å². The molecular formula is C11H15N5O. The van der Waals surface area contributed by atoms with Crippen molar-refractivity contribution in [3.63, 3.8) is 0 Å². The molecule has 2 N–H and O–H groups in total. The second kappa shape index (κ2) is 3.96. The van der Waals surface area contributed by atoms with Crippen molar-refractivity contribution in [2.24, 2.45) is 0 Å². The number of nitrogens with one attached hydrogen (secondary N) is 2. The number of H-pyrrole nitrogens is 1. The van der Waals surface area contributed by atoms with Crippen LogP contribution in [0.3, 0.4) is 0 Å². The monoisotopic (exact) mass is 233 g/mol. The summed E-state index contributed by atoms with van der Waals surface area (Å²) in [5.74, 6) is 1.83. The molecule has 0 amide bonds. The van der Waals surface area contributed by atoms with Gasteiger partial charge in [-0.2, -0.15) is 4.98 Å². The summed E-state index contributed by atoms with van der Waals surface area (Å²) >= 11 is 0. The highest BCUT2D eigenvalue weighted by Gasteiger charge is 2.39. The van der Waals surface area contributed by atoms with Crippen LogP contribution in [0, 0.1) is 0 Å². The molecule has 1 aliphatic rings. The van der Waals surface area contributed by atoms with E-state index >= 15 is 0 Å². The van der Waals surface area contributed by atoms with E-state index in [2.05, 4.69) is 32.3 Å². The highest BCUT2D eigenvalue weighted by atomic mass is 16.5. The second-order valence-corrected chi connectivity index (χ2v) is 4.33. The Morgan fingerprint density at radius 1 is 1.53 bits per heavy atom. The Balaban J connectivity index is 1.94. The maximum atomic E-state index is 5.38. The molecule has 1 saturated heterocycles. The van der Waals surface area contributed by atoms with Gasteiger partial charge in [-0.15, -0.1) is 0 Å². The predicted octanol–water partition coefficient (Wildman–Crippen LogP) is 1.45. The van der Waals surface area contributed by atoms with Gasteiger partial charge in [-0.1, -0.05) is 12.1 Å². The van der Waals surface area contributed by atoms with Crippen molar-refractivity contribution in [2.45, 2.75) is 31.7 Å². The van der Waals surface area contributed by atoms with Crippen LogP contribution in [0.25, 0.3) is 11.6 Å². The first-order chi connectivity index (χ1) is 8.34. The molecule has 2 aromatic rings. The van der Waals surface area contributed by atoms with E-state index in [9.17, 15) is 0 Å². The topological polar surface area (TPSA) is 79.6 Å². The highest BCUT2D eigenvalue weighted by molar-refractivity contribution is 5.41. The Morgan fingerprint density at radius 2 is 2.47 bits per heavy atom. The first-order valence-corrected chi connectivity index (χ1v) is 5.93. The van der Waals surface area contributed by atoms with Crippen LogP contribution >= 0.6 is 0 Å². The zero-order chi connectivity index (χ0) is 11.7. The van der Waals surface area contributed by atoms with Gasteiger partial charge >= 0.3 is 0 Å². The molecule has 0 aromatic carbocycles. The van der Waals surface area contributed by atoms with E-state index in [1.807, 2.05) is 0 Å². The molecule has 3 heterocycles. The number of hydrogen-bond acceptors (Lipinski definition) is 5. The van der Waals surface area contributed by atoms with Gasteiger partial charge in [-0.3, -0.25) is 0 Å². The molecule has 2 aromatic heterocycles. The van der Waals surface area contributed by atoms with Crippen molar-refractivity contribution in [1.29, 1.82) is 0 Å². The predicted molar refractivity (Wildman–Crippen MR) is 61.1 cm³/mol. The molecule has 6 heteroatoms. The van der Waals surface area contributed by atoms with E-state index < -0.39 is 0 Å². The molecule has 1 atom stereocenters. The SMILES string of the molecule is CCC1(c2nc(-c3ncc[nH]3)no2)CCCN1. The number of rotatable bonds is 3. The van der Waals surface area contributed by atoms with Gasteiger partial charge in [0.2, 0.25) is 11.7 Å². The van der Waals surface area contributed by atoms with Crippen LogP contribution in [0.5, 0.6) is 0 Å². The molecule has 0 radical (unpaired) electrons. The van der Waals surface area contributed by atoms with Crippen molar-refractivity contribution >= 4 is 0 Å². The fourth-order valence-electron chi connectivity index (χ4n) is 2.34. The number of hydrogen-bond donors (Lipinski definition) is 2. The first kappa shape index (κ1) is 10.5. The zero-order valence-corrected chi connectivity index (χ0v) is 9.73. The molecule has 90 valence electrons. The van der Waals surface area contributed by atoms with E-state index in [0.29, 0.717) is 17.5 Å². The molecule has 3 rings (SSSR count). The molecule has 17 heavy (non-hydrogen) atoms. The van der Waals surface area contributed by atoms with Crippen LogP contribution in [-0.4, -0.2) is 26.7 Å². The molecule has 6 nitrogen and oxygen atoms in total. The Kier molecular flexibility index (Phi) is 2.44. The van der Waals surface area contributed by atoms with E-state index in [1.165, 1.54) is 0 Å². The average Bonchev–Trinajstić information content (AvgIpc) is 3.10. The van der Waals surface area contributed by atoms with Crippen molar-refractivity contribution in [1.82, 2.24) is 25.4 Å². The van der Waals surface area contributed by atoms with E-state index in [-0.39, 0.29) is 5.54 Å². The number of nitrogens with zero attached hydrogens (tertiary/aromatic N) is 3. The maximum absolute atomic E-state index is 5.38. The van der Waals surface area contributed by atoms with Crippen LogP contribution in [0.15, 0.2) is 16.9 Å². The van der Waals surface area contributed by atoms with Gasteiger partial charge in [-0.25, -0.2) is 4.98 Å².